The van der Waals surface area contributed by atoms with Crippen molar-refractivity contribution < 1.29 is 37.7 Å². The number of methoxy groups -OCH3 is 4. The Hall–Kier alpha value is -15.5. The average Bonchev–Trinajstić information content (AvgIpc) is 1.56. The Bertz CT molecular complexity index is 9360. The molecule has 0 aliphatic heterocycles. The molecule has 0 saturated carbocycles. The van der Waals surface area contributed by atoms with E-state index in [0.29, 0.717) is 16.7 Å². The summed E-state index contributed by atoms with van der Waals surface area (Å²) in [5.41, 5.74) is 24.2. The van der Waals surface area contributed by atoms with Crippen LogP contribution in [-0.2, 0) is 14.2 Å². The van der Waals surface area contributed by atoms with Crippen LogP contribution in [-0.4, -0.2) is 93.3 Å². The number of ether oxygens (including phenoxy) is 4. The predicted octanol–water partition coefficient (Wildman–Crippen LogP) is 30.1. The highest BCUT2D eigenvalue weighted by Gasteiger charge is 2.30. The summed E-state index contributed by atoms with van der Waals surface area (Å²) in [5, 5.41) is 12.4. The number of para-hydroxylation sites is 5. The van der Waals surface area contributed by atoms with Crippen molar-refractivity contribution in [2.75, 3.05) is 28.4 Å². The molecular weight excluding hydrogens is 1980 g/mol. The van der Waals surface area contributed by atoms with Crippen LogP contribution in [0.3, 0.4) is 0 Å². The van der Waals surface area contributed by atoms with E-state index in [0.717, 1.165) is 210 Å². The van der Waals surface area contributed by atoms with Gasteiger partial charge in [-0.05, 0) is 229 Å². The van der Waals surface area contributed by atoms with Crippen molar-refractivity contribution in [2.45, 2.75) is 6.92 Å². The molecule has 0 N–H and O–H groups in total. The smallest absolute Gasteiger partial charge is 0.340 e. The summed E-state index contributed by atoms with van der Waals surface area (Å²) < 4.78 is 41.3. The molecule has 17 heterocycles. The van der Waals surface area contributed by atoms with E-state index in [1.165, 1.54) is 43.0 Å². The molecule has 18 nitrogen and oxygen atoms in total. The average molecular weight is 2050 g/mol. The highest BCUT2D eigenvalue weighted by molar-refractivity contribution is 9.11. The zero-order chi connectivity index (χ0) is 92.7. The fourth-order valence-electron chi connectivity index (χ4n) is 18.9. The molecule has 0 aliphatic carbocycles. The number of hydrogen-bond acceptors (Lipinski definition) is 14. The first-order valence-electron chi connectivity index (χ1n) is 43.5. The summed E-state index contributed by atoms with van der Waals surface area (Å²) in [6, 6.07) is 107. The minimum absolute atomic E-state index is 0.348. The second-order valence-electron chi connectivity index (χ2n) is 32.5. The van der Waals surface area contributed by atoms with Crippen molar-refractivity contribution in [3.63, 3.8) is 0 Å². The van der Waals surface area contributed by atoms with Crippen molar-refractivity contribution in [1.82, 2.24) is 46.9 Å². The first-order chi connectivity index (χ1) is 66.6. The number of carbonyl (C=O) groups is 3. The van der Waals surface area contributed by atoms with E-state index in [2.05, 4.69) is 199 Å². The predicted molar refractivity (Wildman–Crippen MR) is 562 cm³/mol. The summed E-state index contributed by atoms with van der Waals surface area (Å²) >= 11 is 15.9. The van der Waals surface area contributed by atoms with E-state index in [1.54, 1.807) is 24.7 Å². The van der Waals surface area contributed by atoms with Crippen LogP contribution in [0.2, 0.25) is 0 Å². The van der Waals surface area contributed by atoms with Crippen molar-refractivity contribution in [1.29, 1.82) is 0 Å². The second kappa shape index (κ2) is 35.8. The number of hydrogen-bond donors (Lipinski definition) is 0. The van der Waals surface area contributed by atoms with Gasteiger partial charge >= 0.3 is 17.9 Å². The monoisotopic (exact) mass is 2050 g/mol. The topological polar surface area (TPSA) is 188 Å². The number of fused-ring (bicyclic) bond motifs is 26. The van der Waals surface area contributed by atoms with Gasteiger partial charge in [-0.1, -0.05) is 180 Å². The van der Waals surface area contributed by atoms with Gasteiger partial charge in [0.25, 0.3) is 0 Å². The molecule has 0 saturated heterocycles. The fraction of sp³-hybridized carbons (Fsp3) is 0.0442. The summed E-state index contributed by atoms with van der Waals surface area (Å²) in [6.45, 7) is 2.03. The quantitative estimate of drug-likeness (QED) is 0.0982. The van der Waals surface area contributed by atoms with E-state index in [1.807, 2.05) is 247 Å². The molecule has 9 aromatic carbocycles. The number of halogens is 4. The third-order valence-corrected chi connectivity index (χ3v) is 27.7. The van der Waals surface area contributed by atoms with Crippen LogP contribution in [0.5, 0.6) is 5.75 Å². The lowest BCUT2D eigenvalue weighted by molar-refractivity contribution is 0.0596. The molecule has 0 spiro atoms. The number of thiophene rings is 1. The number of pyridine rings is 10. The normalized spacial score (nSPS) is 11.5. The van der Waals surface area contributed by atoms with Gasteiger partial charge in [0.15, 0.2) is 5.76 Å². The Morgan fingerprint density at radius 3 is 1.21 bits per heavy atom. The Morgan fingerprint density at radius 2 is 0.743 bits per heavy atom. The van der Waals surface area contributed by atoms with Gasteiger partial charge in [-0.3, -0.25) is 0 Å². The van der Waals surface area contributed by atoms with Gasteiger partial charge in [-0.15, -0.1) is 11.3 Å². The van der Waals surface area contributed by atoms with Gasteiger partial charge in [0.05, 0.1) is 149 Å². The molecule has 17 aromatic heterocycles. The lowest BCUT2D eigenvalue weighted by Crippen LogP contribution is -2.01. The maximum absolute atomic E-state index is 13.0. The van der Waals surface area contributed by atoms with Crippen LogP contribution in [0.4, 0.5) is 0 Å². The van der Waals surface area contributed by atoms with E-state index in [4.69, 9.17) is 48.3 Å². The van der Waals surface area contributed by atoms with Crippen LogP contribution in [0.15, 0.2) is 380 Å². The van der Waals surface area contributed by atoms with Gasteiger partial charge in [0.1, 0.15) is 17.1 Å². The van der Waals surface area contributed by atoms with Crippen molar-refractivity contribution in [2.24, 2.45) is 0 Å². The molecule has 0 aliphatic rings. The minimum Gasteiger partial charge on any atom is -0.497 e. The lowest BCUT2D eigenvalue weighted by Gasteiger charge is -2.11. The third-order valence-electron chi connectivity index (χ3n) is 24.6. The van der Waals surface area contributed by atoms with Crippen molar-refractivity contribution in [3.8, 4) is 61.5 Å². The maximum atomic E-state index is 13.0. The molecule has 136 heavy (non-hydrogen) atoms. The van der Waals surface area contributed by atoms with Crippen LogP contribution < -0.4 is 4.74 Å². The number of carbonyl (C=O) groups excluding carboxylic acids is 3. The molecule has 0 radical (unpaired) electrons. The maximum Gasteiger partial charge on any atom is 0.340 e. The molecule has 26 aromatic rings. The van der Waals surface area contributed by atoms with Crippen molar-refractivity contribution >= 4 is 240 Å². The van der Waals surface area contributed by atoms with Gasteiger partial charge in [0.2, 0.25) is 0 Å². The molecule has 0 amide bonds. The van der Waals surface area contributed by atoms with Crippen LogP contribution in [0.1, 0.15) is 36.6 Å². The Balaban J connectivity index is 0.0000000989. The summed E-state index contributed by atoms with van der Waals surface area (Å²) in [4.78, 5) is 64.7. The number of furan rings is 1. The zero-order valence-corrected chi connectivity index (χ0v) is 80.4. The number of aryl methyl sites for hydroxylation is 1. The SMILES string of the molecule is Brc1ccc2cc3c4ccccc4nc(-c4ccc(Br)s4)c3n2c1.Brc1ccc2cc3c4ccccc4nc(-c4ccco4)c3n2c1.COC(=O)c1c2c3ccccc3nc(-c3cc(C)cc(OC)c3)c2n2ccccc12.COC(=O)c1c2c3ccccc3nc(-c3ccc(Br)cc3)c2n2ccccc12.COC(=O)c1c2c3ccccc3nc(-c3cccc4ccccc34)c2n2ccccc12. The van der Waals surface area contributed by atoms with E-state index >= 15 is 0 Å². The first kappa shape index (κ1) is 85.9. The highest BCUT2D eigenvalue weighted by Crippen LogP contribution is 2.46. The van der Waals surface area contributed by atoms with Gasteiger partial charge in [-0.2, -0.15) is 0 Å². The Morgan fingerprint density at radius 1 is 0.331 bits per heavy atom. The van der Waals surface area contributed by atoms with Crippen molar-refractivity contribution in [3.05, 3.63) is 398 Å². The molecule has 0 bridgehead atoms. The van der Waals surface area contributed by atoms with Gasteiger partial charge in [-0.25, -0.2) is 39.3 Å². The third kappa shape index (κ3) is 15.1. The number of nitrogens with zero attached hydrogens (tertiary/aromatic N) is 10. The molecule has 0 unspecified atom stereocenters. The van der Waals surface area contributed by atoms with E-state index in [9.17, 15) is 14.4 Å². The number of esters is 3. The summed E-state index contributed by atoms with van der Waals surface area (Å²) in [7, 11) is 5.91. The fourth-order valence-corrected chi connectivity index (χ4v) is 21.2. The number of benzene rings is 9. The Labute approximate surface area is 813 Å². The molecule has 0 atom stereocenters. The van der Waals surface area contributed by atoms with Crippen LogP contribution >= 0.6 is 75.1 Å². The molecule has 0 fully saturated rings. The molecule has 23 heteroatoms. The highest BCUT2D eigenvalue weighted by atomic mass is 79.9. The van der Waals surface area contributed by atoms with E-state index < -0.39 is 0 Å². The van der Waals surface area contributed by atoms with Gasteiger partial charge in [0, 0.05) is 126 Å². The first-order valence-corrected chi connectivity index (χ1v) is 47.5. The molecule has 658 valence electrons. The number of aromatic nitrogens is 10. The standard InChI is InChI=1S/C27H18N2O2.C25H20N2O3.C23H15BrN2O2.C19H10Br2N2S.C19H11BrN2O/c1-31-27(30)24-22-15-6-7-16-29(22)26-23(24)20-12-4-5-14-21(20)28-25(26)19-13-8-10-17-9-2-3-11-18(17)19;1-15-12-16(14-17(13-15)29-2)23-24-21(18-8-4-5-9-19(18)26-23)22(25(28)30-3)20-10-6-7-11-27(20)24;1-28-23(27)20-18-8-4-5-13-26(18)22-19(20)16-6-2-3-7-17(16)25-21(22)14-9-11-15(24)12-10-14;20-11-5-6-12-9-14-13-3-1-2-4-15(13)22-18(19(14)23(12)10-11)16-7-8-17(21)24-16;20-12-7-8-13-10-15-14-4-1-2-5-16(14)21-18(17-6-3-9-23-17)19(15)22(13)11-12/h2-16H,1H3;4-14H,1-3H3;2-13H,1H3;1-10H;1-11H. The molecular formula is C113H74Br4N10O8S. The minimum atomic E-state index is -0.363. The van der Waals surface area contributed by atoms with Crippen LogP contribution in [0, 0.1) is 6.92 Å². The Kier molecular flexibility index (Phi) is 22.6. The number of rotatable bonds is 9. The lowest BCUT2D eigenvalue weighted by atomic mass is 9.98. The van der Waals surface area contributed by atoms with E-state index in [-0.39, 0.29) is 17.9 Å². The van der Waals surface area contributed by atoms with Gasteiger partial charge < -0.3 is 45.4 Å². The largest absolute Gasteiger partial charge is 0.497 e. The molecule has 26 rings (SSSR count). The van der Waals surface area contributed by atoms with Crippen LogP contribution in [0.25, 0.3) is 203 Å². The second-order valence-corrected chi connectivity index (χ2v) is 37.7. The summed E-state index contributed by atoms with van der Waals surface area (Å²) in [5.74, 6) is 0.483. The summed E-state index contributed by atoms with van der Waals surface area (Å²) in [6.07, 6.45) is 11.8. The zero-order valence-electron chi connectivity index (χ0n) is 73.2.